The van der Waals surface area contributed by atoms with Gasteiger partial charge in [-0.1, -0.05) is 17.7 Å². The third kappa shape index (κ3) is 8.63. The van der Waals surface area contributed by atoms with Crippen LogP contribution in [-0.4, -0.2) is 37.2 Å². The van der Waals surface area contributed by atoms with Crippen LogP contribution in [0.15, 0.2) is 34.6 Å². The molecule has 0 atom stereocenters. The molecule has 5 nitrogen and oxygen atoms in total. The number of benzene rings is 1. The van der Waals surface area contributed by atoms with Gasteiger partial charge in [-0.2, -0.15) is 13.2 Å². The Labute approximate surface area is 183 Å². The van der Waals surface area contributed by atoms with Gasteiger partial charge in [-0.25, -0.2) is 4.98 Å². The van der Waals surface area contributed by atoms with Crippen LogP contribution in [0.3, 0.4) is 0 Å². The summed E-state index contributed by atoms with van der Waals surface area (Å²) < 4.78 is 43.3. The highest BCUT2D eigenvalue weighted by molar-refractivity contribution is 14.0. The van der Waals surface area contributed by atoms with Crippen LogP contribution >= 0.6 is 35.3 Å². The summed E-state index contributed by atoms with van der Waals surface area (Å²) in [6.07, 6.45) is -4.04. The molecule has 2 rings (SSSR count). The van der Waals surface area contributed by atoms with Gasteiger partial charge in [0.1, 0.15) is 12.4 Å². The van der Waals surface area contributed by atoms with E-state index in [0.29, 0.717) is 43.6 Å². The Hall–Kier alpha value is -1.56. The van der Waals surface area contributed by atoms with Crippen LogP contribution in [0.25, 0.3) is 0 Å². The third-order valence-corrected chi connectivity index (χ3v) is 4.37. The topological polar surface area (TPSA) is 58.5 Å². The average Bonchev–Trinajstić information content (AvgIpc) is 3.09. The predicted molar refractivity (Wildman–Crippen MR) is 117 cm³/mol. The van der Waals surface area contributed by atoms with E-state index >= 15 is 0 Å². The van der Waals surface area contributed by atoms with Gasteiger partial charge >= 0.3 is 6.18 Å². The Kier molecular flexibility index (Phi) is 10.6. The highest BCUT2D eigenvalue weighted by Gasteiger charge is 2.33. The number of guanidine groups is 1. The molecule has 2 N–H and O–H groups in total. The Bertz CT molecular complexity index is 735. The van der Waals surface area contributed by atoms with E-state index in [9.17, 15) is 13.2 Å². The number of thiazole rings is 1. The fourth-order valence-corrected chi connectivity index (χ4v) is 2.93. The summed E-state index contributed by atoms with van der Waals surface area (Å²) in [5.41, 5.74) is 0.328. The van der Waals surface area contributed by atoms with E-state index in [1.807, 2.05) is 38.1 Å². The summed E-state index contributed by atoms with van der Waals surface area (Å²) in [5.74, 6) is 1.39. The zero-order valence-electron chi connectivity index (χ0n) is 15.7. The number of nitrogens with one attached hydrogen (secondary N) is 2. The average molecular weight is 528 g/mol. The molecule has 0 saturated carbocycles. The molecule has 0 fully saturated rings. The maximum absolute atomic E-state index is 12.6. The minimum absolute atomic E-state index is 0. The molecule has 1 aromatic carbocycles. The summed E-state index contributed by atoms with van der Waals surface area (Å²) in [6, 6.07) is 7.80. The minimum atomic E-state index is -4.40. The first-order chi connectivity index (χ1) is 12.9. The summed E-state index contributed by atoms with van der Waals surface area (Å²) in [7, 11) is 0. The first-order valence-corrected chi connectivity index (χ1v) is 9.49. The molecule has 0 aliphatic carbocycles. The maximum atomic E-state index is 12.6. The largest absolute Gasteiger partial charge is 0.492 e. The second kappa shape index (κ2) is 12.1. The lowest BCUT2D eigenvalue weighted by Crippen LogP contribution is -2.39. The summed E-state index contributed by atoms with van der Waals surface area (Å²) >= 11 is 1.00. The van der Waals surface area contributed by atoms with Crippen molar-refractivity contribution in [2.75, 3.05) is 26.2 Å². The standard InChI is InChI=1S/C18H23F3N4OS.HI/c1-3-22-17(24-10-11-26-14-6-4-13(2)5-7-14)23-9-8-16-25-15(12-27-16)18(19,20)21;/h4-7,12H,3,8-11H2,1-2H3,(H2,22,23,24);1H. The monoisotopic (exact) mass is 528 g/mol. The van der Waals surface area contributed by atoms with Gasteiger partial charge in [0.15, 0.2) is 11.7 Å². The number of aryl methyl sites for hydroxylation is 1. The number of aliphatic imine (C=N–C) groups is 1. The fourth-order valence-electron chi connectivity index (χ4n) is 2.13. The van der Waals surface area contributed by atoms with Gasteiger partial charge in [0, 0.05) is 24.9 Å². The Morgan fingerprint density at radius 3 is 2.54 bits per heavy atom. The molecule has 0 radical (unpaired) electrons. The second-order valence-corrected chi connectivity index (χ2v) is 6.67. The van der Waals surface area contributed by atoms with Gasteiger partial charge in [-0.15, -0.1) is 35.3 Å². The van der Waals surface area contributed by atoms with Crippen molar-refractivity contribution >= 4 is 41.3 Å². The van der Waals surface area contributed by atoms with Crippen LogP contribution in [0.4, 0.5) is 13.2 Å². The van der Waals surface area contributed by atoms with Crippen molar-refractivity contribution in [3.63, 3.8) is 0 Å². The smallest absolute Gasteiger partial charge is 0.434 e. The van der Waals surface area contributed by atoms with E-state index in [1.54, 1.807) is 0 Å². The first-order valence-electron chi connectivity index (χ1n) is 8.61. The Morgan fingerprint density at radius 2 is 1.93 bits per heavy atom. The van der Waals surface area contributed by atoms with Gasteiger partial charge in [0.05, 0.1) is 11.6 Å². The zero-order valence-corrected chi connectivity index (χ0v) is 18.8. The van der Waals surface area contributed by atoms with E-state index in [1.165, 1.54) is 5.56 Å². The highest BCUT2D eigenvalue weighted by atomic mass is 127. The second-order valence-electron chi connectivity index (χ2n) is 5.72. The number of aromatic nitrogens is 1. The normalized spacial score (nSPS) is 11.7. The molecule has 0 unspecified atom stereocenters. The quantitative estimate of drug-likeness (QED) is 0.233. The lowest BCUT2D eigenvalue weighted by Gasteiger charge is -2.12. The van der Waals surface area contributed by atoms with Crippen LogP contribution in [-0.2, 0) is 12.6 Å². The molecule has 0 bridgehead atoms. The zero-order chi connectivity index (χ0) is 19.7. The number of halogens is 4. The fraction of sp³-hybridized carbons (Fsp3) is 0.444. The molecular formula is C18H24F3IN4OS. The van der Waals surface area contributed by atoms with Crippen molar-refractivity contribution in [1.29, 1.82) is 0 Å². The molecule has 2 aromatic rings. The van der Waals surface area contributed by atoms with Crippen LogP contribution < -0.4 is 15.4 Å². The van der Waals surface area contributed by atoms with E-state index in [2.05, 4.69) is 20.6 Å². The first kappa shape index (κ1) is 24.5. The molecule has 156 valence electrons. The van der Waals surface area contributed by atoms with Crippen LogP contribution in [0, 0.1) is 6.92 Å². The van der Waals surface area contributed by atoms with E-state index in [0.717, 1.165) is 22.5 Å². The molecule has 0 amide bonds. The maximum Gasteiger partial charge on any atom is 0.434 e. The van der Waals surface area contributed by atoms with Crippen molar-refractivity contribution in [1.82, 2.24) is 15.6 Å². The number of ether oxygens (including phenoxy) is 1. The lowest BCUT2D eigenvalue weighted by molar-refractivity contribution is -0.140. The minimum Gasteiger partial charge on any atom is -0.492 e. The molecule has 0 aliphatic heterocycles. The summed E-state index contributed by atoms with van der Waals surface area (Å²) in [6.45, 7) is 6.00. The van der Waals surface area contributed by atoms with E-state index in [-0.39, 0.29) is 24.0 Å². The van der Waals surface area contributed by atoms with Crippen molar-refractivity contribution in [2.45, 2.75) is 26.4 Å². The van der Waals surface area contributed by atoms with Crippen LogP contribution in [0.5, 0.6) is 5.75 Å². The van der Waals surface area contributed by atoms with Crippen molar-refractivity contribution in [2.24, 2.45) is 4.99 Å². The van der Waals surface area contributed by atoms with Crippen LogP contribution in [0.2, 0.25) is 0 Å². The van der Waals surface area contributed by atoms with Gasteiger partial charge in [0.25, 0.3) is 0 Å². The van der Waals surface area contributed by atoms with Gasteiger partial charge in [0.2, 0.25) is 0 Å². The van der Waals surface area contributed by atoms with E-state index in [4.69, 9.17) is 4.74 Å². The number of hydrogen-bond acceptors (Lipinski definition) is 4. The van der Waals surface area contributed by atoms with Crippen molar-refractivity contribution < 1.29 is 17.9 Å². The molecule has 0 spiro atoms. The summed E-state index contributed by atoms with van der Waals surface area (Å²) in [5, 5.41) is 7.68. The van der Waals surface area contributed by atoms with Crippen LogP contribution in [0.1, 0.15) is 23.2 Å². The number of nitrogens with zero attached hydrogens (tertiary/aromatic N) is 2. The SMILES string of the molecule is CCNC(=NCCc1nc(C(F)(F)F)cs1)NCCOc1ccc(C)cc1.I. The third-order valence-electron chi connectivity index (χ3n) is 3.47. The summed E-state index contributed by atoms with van der Waals surface area (Å²) in [4.78, 5) is 7.96. The van der Waals surface area contributed by atoms with Gasteiger partial charge in [-0.3, -0.25) is 4.99 Å². The molecular weight excluding hydrogens is 504 g/mol. The molecule has 0 saturated heterocycles. The molecule has 0 aliphatic rings. The molecule has 10 heteroatoms. The van der Waals surface area contributed by atoms with Gasteiger partial charge in [-0.05, 0) is 26.0 Å². The molecule has 1 heterocycles. The Balaban J connectivity index is 0.00000392. The van der Waals surface area contributed by atoms with E-state index < -0.39 is 11.9 Å². The lowest BCUT2D eigenvalue weighted by atomic mass is 10.2. The molecule has 1 aromatic heterocycles. The molecule has 28 heavy (non-hydrogen) atoms. The number of alkyl halides is 3. The number of hydrogen-bond donors (Lipinski definition) is 2. The predicted octanol–water partition coefficient (Wildman–Crippen LogP) is 4.26. The Morgan fingerprint density at radius 1 is 1.21 bits per heavy atom. The van der Waals surface area contributed by atoms with Crippen molar-refractivity contribution in [3.05, 3.63) is 45.9 Å². The van der Waals surface area contributed by atoms with Crippen molar-refractivity contribution in [3.8, 4) is 5.75 Å². The highest BCUT2D eigenvalue weighted by Crippen LogP contribution is 2.30. The van der Waals surface area contributed by atoms with Gasteiger partial charge < -0.3 is 15.4 Å². The number of rotatable bonds is 8.